The average Bonchev–Trinajstić information content (AvgIpc) is 3.37. The molecule has 3 saturated carbocycles. The molecule has 3 aliphatic carbocycles. The first-order valence-corrected chi connectivity index (χ1v) is 10.8. The molecule has 4 aromatic heterocycles. The molecule has 0 radical (unpaired) electrons. The quantitative estimate of drug-likeness (QED) is 0.431. The van der Waals surface area contributed by atoms with Crippen molar-refractivity contribution in [2.75, 3.05) is 5.32 Å². The van der Waals surface area contributed by atoms with Gasteiger partial charge in [-0.05, 0) is 37.0 Å². The maximum Gasteiger partial charge on any atom is 0.308 e. The maximum atomic E-state index is 14.7. The van der Waals surface area contributed by atoms with Gasteiger partial charge in [0, 0.05) is 30.0 Å². The van der Waals surface area contributed by atoms with Crippen LogP contribution in [0.25, 0.3) is 27.9 Å². The summed E-state index contributed by atoms with van der Waals surface area (Å²) in [7, 11) is 0. The first-order valence-electron chi connectivity index (χ1n) is 10.8. The molecule has 4 heterocycles. The van der Waals surface area contributed by atoms with Crippen molar-refractivity contribution >= 4 is 28.3 Å². The van der Waals surface area contributed by atoms with Gasteiger partial charge >= 0.3 is 5.97 Å². The predicted molar refractivity (Wildman–Crippen MR) is 112 cm³/mol. The standard InChI is InChI=1S/C22H18F4N6O2/c23-11-6-12-13(9-31(26)20(12)27-8-11)18-29-19(15-2-1-5-32(15)30-18)28-17-14-4-3-10(7-22(14,24)25)16(17)21(33)34/h1-2,5-6,8-10,14,16-17H,3-4,7H2,(H,33,34)(H,28,29,30)/t10-,14-,16-,17-/m0/s1. The first-order chi connectivity index (χ1) is 16.2. The molecule has 176 valence electrons. The molecule has 0 amide bonds. The lowest BCUT2D eigenvalue weighted by Gasteiger charge is -2.50. The Morgan fingerprint density at radius 3 is 2.88 bits per heavy atom. The van der Waals surface area contributed by atoms with E-state index in [0.29, 0.717) is 11.9 Å². The van der Waals surface area contributed by atoms with Crippen molar-refractivity contribution in [2.24, 2.45) is 17.8 Å². The number of aliphatic carboxylic acids is 1. The average molecular weight is 474 g/mol. The number of carbonyl (C=O) groups is 1. The second-order valence-corrected chi connectivity index (χ2v) is 8.94. The van der Waals surface area contributed by atoms with Crippen LogP contribution in [0.3, 0.4) is 0 Å². The Balaban J connectivity index is 1.48. The minimum atomic E-state index is -2.99. The van der Waals surface area contributed by atoms with Crippen molar-refractivity contribution in [2.45, 2.75) is 31.2 Å². The van der Waals surface area contributed by atoms with Gasteiger partial charge in [-0.1, -0.05) is 4.48 Å². The fraction of sp³-hybridized carbons (Fsp3) is 0.364. The van der Waals surface area contributed by atoms with Crippen LogP contribution in [0.4, 0.5) is 23.5 Å². The number of pyridine rings is 1. The minimum absolute atomic E-state index is 0.000367. The zero-order chi connectivity index (χ0) is 23.8. The number of hydrogen-bond acceptors (Lipinski definition) is 5. The van der Waals surface area contributed by atoms with Crippen LogP contribution in [0.15, 0.2) is 36.8 Å². The molecule has 3 fully saturated rings. The number of rotatable bonds is 4. The van der Waals surface area contributed by atoms with Crippen LogP contribution < -0.4 is 5.32 Å². The number of anilines is 1. The summed E-state index contributed by atoms with van der Waals surface area (Å²) in [5.74, 6) is -7.49. The smallest absolute Gasteiger partial charge is 0.308 e. The van der Waals surface area contributed by atoms with Crippen molar-refractivity contribution in [3.8, 4) is 11.4 Å². The van der Waals surface area contributed by atoms with Gasteiger partial charge in [-0.25, -0.2) is 27.7 Å². The summed E-state index contributed by atoms with van der Waals surface area (Å²) in [5, 5.41) is 17.3. The first kappa shape index (κ1) is 20.9. The Bertz CT molecular complexity index is 1450. The van der Waals surface area contributed by atoms with E-state index in [2.05, 4.69) is 20.4 Å². The summed E-state index contributed by atoms with van der Waals surface area (Å²) < 4.78 is 59.1. The SMILES string of the molecule is O=C(O)[C@H]1[C@H]2CC[C@@H]([C@@H]1Nc1nc(-c3cn(F)c4ncc(F)cc34)nn3cccc13)C(F)(F)C2. The molecule has 0 spiro atoms. The molecule has 34 heavy (non-hydrogen) atoms. The van der Waals surface area contributed by atoms with Gasteiger partial charge < -0.3 is 10.4 Å². The number of fused-ring (bicyclic) bond motifs is 5. The van der Waals surface area contributed by atoms with E-state index in [0.717, 1.165) is 18.5 Å². The number of alkyl halides is 2. The van der Waals surface area contributed by atoms with Crippen molar-refractivity contribution in [3.63, 3.8) is 0 Å². The summed E-state index contributed by atoms with van der Waals surface area (Å²) in [6, 6.07) is 3.36. The third kappa shape index (κ3) is 3.04. The Hall–Kier alpha value is -3.70. The molecule has 0 aromatic carbocycles. The molecule has 0 saturated heterocycles. The van der Waals surface area contributed by atoms with E-state index in [1.54, 1.807) is 18.3 Å². The number of nitrogens with one attached hydrogen (secondary N) is 1. The van der Waals surface area contributed by atoms with Gasteiger partial charge in [-0.2, -0.15) is 4.79 Å². The van der Waals surface area contributed by atoms with E-state index in [1.165, 1.54) is 4.52 Å². The maximum absolute atomic E-state index is 14.7. The molecule has 0 unspecified atom stereocenters. The lowest BCUT2D eigenvalue weighted by atomic mass is 9.60. The van der Waals surface area contributed by atoms with Crippen LogP contribution in [-0.4, -0.2) is 47.4 Å². The zero-order valence-electron chi connectivity index (χ0n) is 17.5. The fourth-order valence-electron chi connectivity index (χ4n) is 5.58. The third-order valence-electron chi connectivity index (χ3n) is 7.04. The van der Waals surface area contributed by atoms with Gasteiger partial charge in [0.05, 0.1) is 23.9 Å². The van der Waals surface area contributed by atoms with Gasteiger partial charge in [0.2, 0.25) is 0 Å². The van der Waals surface area contributed by atoms with Crippen LogP contribution in [0.1, 0.15) is 19.3 Å². The van der Waals surface area contributed by atoms with E-state index in [9.17, 15) is 27.6 Å². The largest absolute Gasteiger partial charge is 0.481 e. The minimum Gasteiger partial charge on any atom is -0.481 e. The van der Waals surface area contributed by atoms with E-state index in [1.807, 2.05) is 0 Å². The Kier molecular flexibility index (Phi) is 4.39. The second kappa shape index (κ2) is 7.15. The van der Waals surface area contributed by atoms with Crippen LogP contribution in [0, 0.1) is 23.6 Å². The molecule has 0 aliphatic heterocycles. The van der Waals surface area contributed by atoms with Crippen molar-refractivity contribution < 1.29 is 27.6 Å². The zero-order valence-corrected chi connectivity index (χ0v) is 17.5. The van der Waals surface area contributed by atoms with Gasteiger partial charge in [0.1, 0.15) is 11.3 Å². The predicted octanol–water partition coefficient (Wildman–Crippen LogP) is 4.16. The molecule has 2 N–H and O–H groups in total. The molecule has 2 bridgehead atoms. The summed E-state index contributed by atoms with van der Waals surface area (Å²) in [6.07, 6.45) is 3.72. The van der Waals surface area contributed by atoms with Gasteiger partial charge in [-0.3, -0.25) is 4.79 Å². The summed E-state index contributed by atoms with van der Waals surface area (Å²) in [4.78, 5) is 20.4. The van der Waals surface area contributed by atoms with Gasteiger partial charge in [-0.15, -0.1) is 5.10 Å². The van der Waals surface area contributed by atoms with E-state index >= 15 is 0 Å². The molecule has 12 heteroatoms. The number of halogens is 4. The number of aromatic nitrogens is 5. The highest BCUT2D eigenvalue weighted by Gasteiger charge is 2.60. The number of hydrogen-bond donors (Lipinski definition) is 2. The summed E-state index contributed by atoms with van der Waals surface area (Å²) >= 11 is 0. The Labute approximate surface area is 189 Å². The topological polar surface area (TPSA) is 97.3 Å². The van der Waals surface area contributed by atoms with Crippen LogP contribution in [0.2, 0.25) is 0 Å². The molecule has 4 atom stereocenters. The van der Waals surface area contributed by atoms with E-state index in [-0.39, 0.29) is 39.4 Å². The van der Waals surface area contributed by atoms with Crippen molar-refractivity contribution in [1.29, 1.82) is 0 Å². The molecule has 8 nitrogen and oxygen atoms in total. The molecule has 4 aromatic rings. The number of nitrogens with zero attached hydrogens (tertiary/aromatic N) is 5. The number of carboxylic acid groups (broad SMARTS) is 1. The summed E-state index contributed by atoms with van der Waals surface area (Å²) in [6.45, 7) is 0. The van der Waals surface area contributed by atoms with E-state index < -0.39 is 47.9 Å². The number of carboxylic acids is 1. The fourth-order valence-corrected chi connectivity index (χ4v) is 5.58. The molecular formula is C22H18F4N6O2. The van der Waals surface area contributed by atoms with Crippen LogP contribution >= 0.6 is 0 Å². The second-order valence-electron chi connectivity index (χ2n) is 8.94. The van der Waals surface area contributed by atoms with E-state index in [4.69, 9.17) is 0 Å². The molecular weight excluding hydrogens is 456 g/mol. The highest BCUT2D eigenvalue weighted by molar-refractivity contribution is 5.92. The molecule has 7 rings (SSSR count). The lowest BCUT2D eigenvalue weighted by Crippen LogP contribution is -2.59. The summed E-state index contributed by atoms with van der Waals surface area (Å²) in [5.41, 5.74) is 0.455. The highest BCUT2D eigenvalue weighted by Crippen LogP contribution is 2.54. The monoisotopic (exact) mass is 474 g/mol. The third-order valence-corrected chi connectivity index (χ3v) is 7.04. The Morgan fingerprint density at radius 1 is 1.29 bits per heavy atom. The van der Waals surface area contributed by atoms with Crippen molar-refractivity contribution in [1.82, 2.24) is 24.4 Å². The van der Waals surface area contributed by atoms with Crippen LogP contribution in [0.5, 0.6) is 0 Å². The van der Waals surface area contributed by atoms with Crippen molar-refractivity contribution in [3.05, 3.63) is 42.6 Å². The normalized spacial score (nSPS) is 25.8. The Morgan fingerprint density at radius 2 is 2.12 bits per heavy atom. The van der Waals surface area contributed by atoms with Gasteiger partial charge in [0.25, 0.3) is 5.92 Å². The lowest BCUT2D eigenvalue weighted by molar-refractivity contribution is -0.175. The van der Waals surface area contributed by atoms with Gasteiger partial charge in [0.15, 0.2) is 17.3 Å². The highest BCUT2D eigenvalue weighted by atomic mass is 19.3. The molecule has 3 aliphatic rings. The van der Waals surface area contributed by atoms with Crippen LogP contribution in [-0.2, 0) is 4.79 Å².